The fourth-order valence-electron chi connectivity index (χ4n) is 0.821. The van der Waals surface area contributed by atoms with Crippen LogP contribution in [0, 0.1) is 0 Å². The molecule has 52 valence electrons. The van der Waals surface area contributed by atoms with Crippen LogP contribution in [0.25, 0.3) is 0 Å². The van der Waals surface area contributed by atoms with Crippen LogP contribution in [0.1, 0.15) is 0 Å². The van der Waals surface area contributed by atoms with Crippen LogP contribution in [-0.4, -0.2) is 6.34 Å². The number of hydrogen-bond donors (Lipinski definition) is 0. The summed E-state index contributed by atoms with van der Waals surface area (Å²) in [5.74, 6) is 0. The monoisotopic (exact) mass is 145 g/mol. The molecule has 0 radical (unpaired) electrons. The smallest absolute Gasteiger partial charge is 0.0585 e. The van der Waals surface area contributed by atoms with E-state index in [0.29, 0.717) is 0 Å². The Bertz CT molecular complexity index is 279. The molecule has 0 atom stereocenters. The van der Waals surface area contributed by atoms with Crippen LogP contribution >= 0.6 is 0 Å². The molecular weight excluding hydrogens is 140 g/mol. The van der Waals surface area contributed by atoms with Crippen molar-refractivity contribution in [3.05, 3.63) is 30.3 Å². The molecule has 4 nitrogen and oxygen atoms in total. The van der Waals surface area contributed by atoms with E-state index in [2.05, 4.69) is 21.9 Å². The number of rotatable bonds is 1. The summed E-state index contributed by atoms with van der Waals surface area (Å²) in [5.41, 5.74) is 0.914. The van der Waals surface area contributed by atoms with E-state index < -0.39 is 0 Å². The second-order valence-electron chi connectivity index (χ2n) is 2.03. The van der Waals surface area contributed by atoms with Crippen molar-refractivity contribution in [1.29, 1.82) is 0 Å². The zero-order valence-corrected chi connectivity index (χ0v) is 5.68. The SMILES string of the molecule is [C+]1=NN=NN1c1ccccc1. The summed E-state index contributed by atoms with van der Waals surface area (Å²) in [7, 11) is 0. The number of nitrogens with zero attached hydrogens (tertiary/aromatic N) is 4. The molecule has 0 N–H and O–H groups in total. The predicted molar refractivity (Wildman–Crippen MR) is 41.2 cm³/mol. The lowest BCUT2D eigenvalue weighted by molar-refractivity contribution is 1.00. The highest BCUT2D eigenvalue weighted by Crippen LogP contribution is 2.13. The minimum absolute atomic E-state index is 0.914. The predicted octanol–water partition coefficient (Wildman–Crippen LogP) is 1.69. The molecule has 0 spiro atoms. The molecule has 0 aliphatic carbocycles. The molecule has 0 fully saturated rings. The molecule has 1 heterocycles. The molecule has 0 saturated heterocycles. The molecular formula is C7H5N4+. The Morgan fingerprint density at radius 3 is 2.64 bits per heavy atom. The van der Waals surface area contributed by atoms with Crippen LogP contribution in [0.3, 0.4) is 0 Å². The third-order valence-electron chi connectivity index (χ3n) is 1.31. The van der Waals surface area contributed by atoms with Gasteiger partial charge in [-0.2, -0.15) is 0 Å². The number of benzene rings is 1. The molecule has 0 saturated carbocycles. The third-order valence-corrected chi connectivity index (χ3v) is 1.31. The molecule has 4 heteroatoms. The first kappa shape index (κ1) is 5.95. The maximum absolute atomic E-state index is 3.69. The summed E-state index contributed by atoms with van der Waals surface area (Å²) < 4.78 is 0. The summed E-state index contributed by atoms with van der Waals surface area (Å²) >= 11 is 0. The van der Waals surface area contributed by atoms with Gasteiger partial charge in [0, 0.05) is 27.6 Å². The Kier molecular flexibility index (Phi) is 1.32. The van der Waals surface area contributed by atoms with Crippen molar-refractivity contribution in [3.63, 3.8) is 0 Å². The highest BCUT2D eigenvalue weighted by atomic mass is 15.7. The molecule has 11 heavy (non-hydrogen) atoms. The normalized spacial score (nSPS) is 13.6. The van der Waals surface area contributed by atoms with Crippen molar-refractivity contribution in [2.45, 2.75) is 0 Å². The summed E-state index contributed by atoms with van der Waals surface area (Å²) in [6.07, 6.45) is 2.60. The topological polar surface area (TPSA) is 40.3 Å². The largest absolute Gasteiger partial charge is 0.371 e. The lowest BCUT2D eigenvalue weighted by Crippen LogP contribution is -2.08. The van der Waals surface area contributed by atoms with Gasteiger partial charge in [0.25, 0.3) is 0 Å². The Balaban J connectivity index is 2.30. The molecule has 0 aromatic heterocycles. The van der Waals surface area contributed by atoms with Gasteiger partial charge >= 0.3 is 6.34 Å². The Morgan fingerprint density at radius 2 is 2.00 bits per heavy atom. The maximum atomic E-state index is 3.69. The summed E-state index contributed by atoms with van der Waals surface area (Å²) in [6, 6.07) is 9.60. The molecule has 1 aromatic carbocycles. The second-order valence-corrected chi connectivity index (χ2v) is 2.03. The van der Waals surface area contributed by atoms with Crippen LogP contribution in [-0.2, 0) is 0 Å². The Hall–Kier alpha value is -1.80. The second kappa shape index (κ2) is 2.44. The first-order valence-corrected chi connectivity index (χ1v) is 3.18. The van der Waals surface area contributed by atoms with Gasteiger partial charge < -0.3 is 0 Å². The Morgan fingerprint density at radius 1 is 1.18 bits per heavy atom. The van der Waals surface area contributed by atoms with Crippen LogP contribution in [0.4, 0.5) is 5.69 Å². The van der Waals surface area contributed by atoms with Crippen LogP contribution in [0.5, 0.6) is 0 Å². The third kappa shape index (κ3) is 1.07. The van der Waals surface area contributed by atoms with Gasteiger partial charge in [0.2, 0.25) is 5.69 Å². The van der Waals surface area contributed by atoms with Crippen LogP contribution < -0.4 is 5.01 Å². The van der Waals surface area contributed by atoms with E-state index >= 15 is 0 Å². The van der Waals surface area contributed by atoms with Crippen LogP contribution in [0.2, 0.25) is 0 Å². The van der Waals surface area contributed by atoms with Crippen molar-refractivity contribution in [3.8, 4) is 0 Å². The van der Waals surface area contributed by atoms with E-state index in [0.717, 1.165) is 5.69 Å². The number of para-hydroxylation sites is 1. The summed E-state index contributed by atoms with van der Waals surface area (Å²) in [6.45, 7) is 0. The van der Waals surface area contributed by atoms with E-state index in [1.54, 1.807) is 0 Å². The highest BCUT2D eigenvalue weighted by molar-refractivity contribution is 5.78. The Labute approximate surface area is 63.8 Å². The minimum atomic E-state index is 0.914. The van der Waals surface area contributed by atoms with E-state index in [4.69, 9.17) is 0 Å². The minimum Gasteiger partial charge on any atom is -0.0585 e. The number of anilines is 1. The zero-order valence-electron chi connectivity index (χ0n) is 5.68. The molecule has 0 bridgehead atoms. The molecule has 0 amide bonds. The zero-order chi connectivity index (χ0) is 7.52. The fourth-order valence-corrected chi connectivity index (χ4v) is 0.821. The highest BCUT2D eigenvalue weighted by Gasteiger charge is 2.18. The molecule has 1 aliphatic rings. The van der Waals surface area contributed by atoms with E-state index in [9.17, 15) is 0 Å². The lowest BCUT2D eigenvalue weighted by Gasteiger charge is -1.91. The standard InChI is InChI=1S/C7H5N4/c1-2-4-7(5-3-1)11-6-8-9-10-11/h1-5H/q+1. The first-order chi connectivity index (χ1) is 5.47. The molecule has 1 aliphatic heterocycles. The summed E-state index contributed by atoms with van der Waals surface area (Å²) in [4.78, 5) is 0. The summed E-state index contributed by atoms with van der Waals surface area (Å²) in [5, 5.41) is 12.1. The van der Waals surface area contributed by atoms with Crippen molar-refractivity contribution in [2.75, 3.05) is 5.01 Å². The van der Waals surface area contributed by atoms with E-state index in [1.165, 1.54) is 5.01 Å². The molecule has 1 aromatic rings. The van der Waals surface area contributed by atoms with E-state index in [1.807, 2.05) is 30.3 Å². The van der Waals surface area contributed by atoms with Gasteiger partial charge in [0.05, 0.1) is 5.10 Å². The van der Waals surface area contributed by atoms with Gasteiger partial charge in [0.1, 0.15) is 0 Å². The quantitative estimate of drug-likeness (QED) is 0.554. The molecule has 0 unspecified atom stereocenters. The fraction of sp³-hybridized carbons (Fsp3) is 0. The number of hydrogen-bond acceptors (Lipinski definition) is 4. The van der Waals surface area contributed by atoms with Crippen LogP contribution in [0.15, 0.2) is 45.9 Å². The van der Waals surface area contributed by atoms with Gasteiger partial charge in [-0.1, -0.05) is 6.07 Å². The first-order valence-electron chi connectivity index (χ1n) is 3.18. The van der Waals surface area contributed by atoms with E-state index in [-0.39, 0.29) is 0 Å². The van der Waals surface area contributed by atoms with Gasteiger partial charge in [-0.3, -0.25) is 0 Å². The van der Waals surface area contributed by atoms with Crippen molar-refractivity contribution >= 4 is 12.0 Å². The van der Waals surface area contributed by atoms with Gasteiger partial charge in [-0.15, -0.1) is 0 Å². The lowest BCUT2D eigenvalue weighted by atomic mass is 10.3. The van der Waals surface area contributed by atoms with Crippen molar-refractivity contribution < 1.29 is 0 Å². The van der Waals surface area contributed by atoms with Gasteiger partial charge in [0.15, 0.2) is 0 Å². The van der Waals surface area contributed by atoms with Crippen molar-refractivity contribution in [1.82, 2.24) is 0 Å². The average molecular weight is 145 g/mol. The average Bonchev–Trinajstić information content (AvgIpc) is 2.58. The van der Waals surface area contributed by atoms with Gasteiger partial charge in [-0.25, -0.2) is 0 Å². The molecule has 2 rings (SSSR count). The van der Waals surface area contributed by atoms with Crippen molar-refractivity contribution in [2.24, 2.45) is 15.5 Å². The maximum Gasteiger partial charge on any atom is 0.371 e. The van der Waals surface area contributed by atoms with Gasteiger partial charge in [-0.05, 0) is 12.1 Å².